The van der Waals surface area contributed by atoms with Gasteiger partial charge in [0.25, 0.3) is 5.91 Å². The molecule has 41 heavy (non-hydrogen) atoms. The van der Waals surface area contributed by atoms with E-state index in [2.05, 4.69) is 21.0 Å². The highest BCUT2D eigenvalue weighted by atomic mass is 32.2. The van der Waals surface area contributed by atoms with Crippen LogP contribution in [0.25, 0.3) is 11.1 Å². The summed E-state index contributed by atoms with van der Waals surface area (Å²) in [5.74, 6) is 1.14. The van der Waals surface area contributed by atoms with Crippen molar-refractivity contribution in [1.82, 2.24) is 20.0 Å². The van der Waals surface area contributed by atoms with Gasteiger partial charge in [-0.05, 0) is 69.1 Å². The van der Waals surface area contributed by atoms with Gasteiger partial charge in [0.2, 0.25) is 11.7 Å². The lowest BCUT2D eigenvalue weighted by molar-refractivity contribution is -0.483. The van der Waals surface area contributed by atoms with E-state index >= 15 is 0 Å². The standard InChI is InChI=1S/C30H34N8O2S/c1-41-37-30(39)25-17-24(21-7-8-26(34-19-21)38-15-11-20(18-31)12-16-38)27(28(32)40-23-9-13-33-14-10-23)29(36-25)35-22-5-3-2-4-6-22/h2-8,17,19-20,23,32-33H,9-16H2,1H3,(H,35,36)(H,37,39)/p+1. The van der Waals surface area contributed by atoms with Gasteiger partial charge < -0.3 is 15.0 Å². The predicted octanol–water partition coefficient (Wildman–Crippen LogP) is 3.51. The molecule has 10 nitrogen and oxygen atoms in total. The van der Waals surface area contributed by atoms with E-state index in [9.17, 15) is 10.1 Å². The fraction of sp³-hybridized carbons (Fsp3) is 0.367. The third-order valence-corrected chi connectivity index (χ3v) is 7.83. The first-order valence-electron chi connectivity index (χ1n) is 13.9. The Morgan fingerprint density at radius 1 is 1.17 bits per heavy atom. The van der Waals surface area contributed by atoms with Crippen LogP contribution in [-0.2, 0) is 4.74 Å². The van der Waals surface area contributed by atoms with E-state index in [1.165, 1.54) is 11.9 Å². The molecule has 1 amide bonds. The molecule has 0 aliphatic carbocycles. The van der Waals surface area contributed by atoms with Crippen LogP contribution in [0.1, 0.15) is 41.7 Å². The summed E-state index contributed by atoms with van der Waals surface area (Å²) in [4.78, 5) is 24.7. The maximum Gasteiger partial charge on any atom is 0.279 e. The fourth-order valence-corrected chi connectivity index (χ4v) is 5.50. The second-order valence-electron chi connectivity index (χ2n) is 10.2. The van der Waals surface area contributed by atoms with Gasteiger partial charge in [-0.15, -0.1) is 0 Å². The quantitative estimate of drug-likeness (QED) is 0.139. The number of hydrogen-bond donors (Lipinski definition) is 4. The summed E-state index contributed by atoms with van der Waals surface area (Å²) in [6.07, 6.45) is 6.78. The maximum atomic E-state index is 13.0. The van der Waals surface area contributed by atoms with Gasteiger partial charge in [-0.1, -0.05) is 30.1 Å². The molecule has 212 valence electrons. The molecular formula is C30H35N8O2S+. The Morgan fingerprint density at radius 3 is 2.59 bits per heavy atom. The monoisotopic (exact) mass is 571 g/mol. The number of carbonyl (C=O) groups excluding carboxylic acids is 1. The molecule has 2 aliphatic heterocycles. The summed E-state index contributed by atoms with van der Waals surface area (Å²) < 4.78 is 9.00. The number of hydrogen-bond acceptors (Lipinski definition) is 9. The number of quaternary nitrogens is 1. The average Bonchev–Trinajstić information content (AvgIpc) is 3.02. The third kappa shape index (κ3) is 7.03. The minimum Gasteiger partial charge on any atom is -0.474 e. The third-order valence-electron chi connectivity index (χ3n) is 7.44. The Balaban J connectivity index is 1.55. The topological polar surface area (TPSA) is 144 Å². The van der Waals surface area contributed by atoms with Crippen LogP contribution in [-0.4, -0.2) is 60.3 Å². The number of para-hydroxylation sites is 1. The van der Waals surface area contributed by atoms with Crippen LogP contribution in [0.4, 0.5) is 17.3 Å². The summed E-state index contributed by atoms with van der Waals surface area (Å²) in [5.41, 5.74) is 3.10. The molecule has 0 bridgehead atoms. The van der Waals surface area contributed by atoms with Crippen molar-refractivity contribution in [1.29, 1.82) is 10.7 Å². The molecule has 0 unspecified atom stereocenters. The lowest BCUT2D eigenvalue weighted by atomic mass is 9.98. The molecule has 1 aromatic carbocycles. The van der Waals surface area contributed by atoms with Crippen LogP contribution in [0, 0.1) is 22.7 Å². The summed E-state index contributed by atoms with van der Waals surface area (Å²) in [6, 6.07) is 17.8. The molecule has 2 saturated heterocycles. The van der Waals surface area contributed by atoms with E-state index in [1.807, 2.05) is 47.8 Å². The van der Waals surface area contributed by atoms with E-state index in [0.717, 1.165) is 68.9 Å². The molecule has 0 radical (unpaired) electrons. The Bertz CT molecular complexity index is 1400. The molecule has 0 atom stereocenters. The van der Waals surface area contributed by atoms with E-state index < -0.39 is 0 Å². The molecule has 0 saturated carbocycles. The van der Waals surface area contributed by atoms with Crippen LogP contribution in [0.2, 0.25) is 0 Å². The first-order valence-corrected chi connectivity index (χ1v) is 15.1. The number of nitrogens with zero attached hydrogens (tertiary/aromatic N) is 4. The lowest BCUT2D eigenvalue weighted by Crippen LogP contribution is -2.72. The summed E-state index contributed by atoms with van der Waals surface area (Å²) in [7, 11) is 0. The van der Waals surface area contributed by atoms with Gasteiger partial charge in [0.05, 0.1) is 6.07 Å². The average molecular weight is 572 g/mol. The van der Waals surface area contributed by atoms with Gasteiger partial charge in [-0.25, -0.2) is 4.98 Å². The highest BCUT2D eigenvalue weighted by Crippen LogP contribution is 2.31. The molecule has 11 heteroatoms. The molecule has 2 fully saturated rings. The number of nitriles is 1. The smallest absolute Gasteiger partial charge is 0.279 e. The van der Waals surface area contributed by atoms with E-state index in [1.54, 1.807) is 18.5 Å². The molecule has 5 rings (SSSR count). The van der Waals surface area contributed by atoms with Gasteiger partial charge in [-0.3, -0.25) is 20.2 Å². The number of nitrogens with one attached hydrogen (secondary N) is 3. The van der Waals surface area contributed by atoms with E-state index in [-0.39, 0.29) is 29.5 Å². The second-order valence-corrected chi connectivity index (χ2v) is 10.8. The van der Waals surface area contributed by atoms with Crippen molar-refractivity contribution in [2.24, 2.45) is 5.92 Å². The highest BCUT2D eigenvalue weighted by Gasteiger charge is 2.28. The zero-order valence-electron chi connectivity index (χ0n) is 23.1. The summed E-state index contributed by atoms with van der Waals surface area (Å²) in [5, 5.41) is 23.6. The van der Waals surface area contributed by atoms with Crippen LogP contribution >= 0.6 is 11.9 Å². The molecule has 4 heterocycles. The fourth-order valence-electron chi connectivity index (χ4n) is 5.21. The molecule has 2 aliphatic rings. The first-order chi connectivity index (χ1) is 20.1. The Hall–Kier alpha value is -3.98. The minimum absolute atomic E-state index is 0.0288. The number of anilines is 1. The molecular weight excluding hydrogens is 536 g/mol. The highest BCUT2D eigenvalue weighted by molar-refractivity contribution is 7.97. The van der Waals surface area contributed by atoms with Gasteiger partial charge in [0.1, 0.15) is 28.9 Å². The molecule has 3 aromatic rings. The second kappa shape index (κ2) is 13.6. The Morgan fingerprint density at radius 2 is 1.93 bits per heavy atom. The van der Waals surface area contributed by atoms with Gasteiger partial charge in [0.15, 0.2) is 0 Å². The van der Waals surface area contributed by atoms with Gasteiger partial charge >= 0.3 is 0 Å². The van der Waals surface area contributed by atoms with Crippen LogP contribution in [0.15, 0.2) is 54.7 Å². The molecule has 5 N–H and O–H groups in total. The predicted molar refractivity (Wildman–Crippen MR) is 160 cm³/mol. The number of aromatic nitrogens is 2. The van der Waals surface area contributed by atoms with Crippen molar-refractivity contribution < 1.29 is 14.8 Å². The van der Waals surface area contributed by atoms with Crippen LogP contribution in [0.3, 0.4) is 0 Å². The normalized spacial score (nSPS) is 16.1. The number of benzene rings is 1. The number of ether oxygens (including phenoxy) is 1. The first kappa shape index (κ1) is 28.5. The lowest BCUT2D eigenvalue weighted by Gasteiger charge is -2.30. The van der Waals surface area contributed by atoms with Gasteiger partial charge in [-0.2, -0.15) is 10.2 Å². The van der Waals surface area contributed by atoms with Crippen LogP contribution < -0.4 is 20.3 Å². The molecule has 0 spiro atoms. The zero-order valence-corrected chi connectivity index (χ0v) is 23.9. The maximum absolute atomic E-state index is 13.0. The number of carbonyl (C=O) groups is 1. The number of pyridine rings is 2. The van der Waals surface area contributed by atoms with Crippen molar-refractivity contribution in [3.63, 3.8) is 0 Å². The Labute approximate surface area is 244 Å². The number of amides is 1. The SMILES string of the molecule is CSNC(=O)c1cc(-c2ccc(N3CCC(C#N)CC3)nc2)c(C(=N)OC2CCNCC2)c([NH2+]c2ccccc2)n1. The van der Waals surface area contributed by atoms with Crippen molar-refractivity contribution in [3.8, 4) is 17.2 Å². The largest absolute Gasteiger partial charge is 0.474 e. The number of nitrogens with two attached hydrogens (primary N) is 1. The minimum atomic E-state index is -0.316. The van der Waals surface area contributed by atoms with Crippen molar-refractivity contribution >= 4 is 41.1 Å². The summed E-state index contributed by atoms with van der Waals surface area (Å²) in [6.45, 7) is 3.26. The van der Waals surface area contributed by atoms with E-state index in [4.69, 9.17) is 20.1 Å². The number of rotatable bonds is 8. The number of piperidine rings is 2. The van der Waals surface area contributed by atoms with Crippen molar-refractivity contribution in [3.05, 3.63) is 66.0 Å². The molecule has 2 aromatic heterocycles. The van der Waals surface area contributed by atoms with Crippen molar-refractivity contribution in [2.75, 3.05) is 37.3 Å². The van der Waals surface area contributed by atoms with Crippen molar-refractivity contribution in [2.45, 2.75) is 31.8 Å². The summed E-state index contributed by atoms with van der Waals surface area (Å²) >= 11 is 1.21. The van der Waals surface area contributed by atoms with Crippen LogP contribution in [0.5, 0.6) is 0 Å². The van der Waals surface area contributed by atoms with Gasteiger partial charge in [0, 0.05) is 42.6 Å². The Kier molecular flexibility index (Phi) is 9.46. The van der Waals surface area contributed by atoms with E-state index in [0.29, 0.717) is 16.9 Å². The zero-order chi connectivity index (χ0) is 28.6.